The molecule has 0 aromatic carbocycles. The summed E-state index contributed by atoms with van der Waals surface area (Å²) < 4.78 is 4.89. The van der Waals surface area contributed by atoms with Crippen molar-refractivity contribution < 1.29 is 9.53 Å². The zero-order chi connectivity index (χ0) is 11.3. The number of hydrogen-bond acceptors (Lipinski definition) is 4. The molecule has 88 valence electrons. The van der Waals surface area contributed by atoms with Gasteiger partial charge in [0.05, 0.1) is 13.0 Å². The minimum absolute atomic E-state index is 0.0411. The van der Waals surface area contributed by atoms with Gasteiger partial charge in [-0.05, 0) is 44.4 Å². The second-order valence-corrected chi connectivity index (χ2v) is 5.57. The van der Waals surface area contributed by atoms with Crippen LogP contribution < -0.4 is 0 Å². The average molecular weight is 231 g/mol. The van der Waals surface area contributed by atoms with E-state index >= 15 is 0 Å². The first-order valence-corrected chi connectivity index (χ1v) is 6.61. The molecule has 0 aliphatic carbocycles. The highest BCUT2D eigenvalue weighted by Crippen LogP contribution is 2.29. The zero-order valence-corrected chi connectivity index (χ0v) is 10.7. The minimum Gasteiger partial charge on any atom is -0.469 e. The highest BCUT2D eigenvalue weighted by atomic mass is 32.2. The van der Waals surface area contributed by atoms with Gasteiger partial charge in [0.2, 0.25) is 0 Å². The molecule has 1 unspecified atom stereocenters. The highest BCUT2D eigenvalue weighted by Gasteiger charge is 2.30. The lowest BCUT2D eigenvalue weighted by Gasteiger charge is -2.29. The van der Waals surface area contributed by atoms with E-state index in [9.17, 15) is 4.79 Å². The molecule has 0 spiro atoms. The molecule has 1 aliphatic rings. The Bertz CT molecular complexity index is 203. The standard InChI is InChI=1S/C11H21NO2S/c1-12(2)8-10(11(13)14-3)9-4-6-15-7-5-9/h9-10H,4-8H2,1-3H3. The first-order chi connectivity index (χ1) is 7.15. The second kappa shape index (κ2) is 6.38. The van der Waals surface area contributed by atoms with Crippen molar-refractivity contribution >= 4 is 17.7 Å². The molecule has 0 radical (unpaired) electrons. The maximum absolute atomic E-state index is 11.7. The topological polar surface area (TPSA) is 29.5 Å². The third kappa shape index (κ3) is 4.03. The van der Waals surface area contributed by atoms with Crippen LogP contribution in [0.3, 0.4) is 0 Å². The molecule has 1 heterocycles. The summed E-state index contributed by atoms with van der Waals surface area (Å²) in [6.45, 7) is 0.808. The molecule has 1 rings (SSSR count). The summed E-state index contributed by atoms with van der Waals surface area (Å²) in [5, 5.41) is 0. The Kier molecular flexibility index (Phi) is 5.47. The molecule has 0 aromatic rings. The van der Waals surface area contributed by atoms with E-state index < -0.39 is 0 Å². The van der Waals surface area contributed by atoms with Crippen LogP contribution in [0.15, 0.2) is 0 Å². The molecule has 4 heteroatoms. The highest BCUT2D eigenvalue weighted by molar-refractivity contribution is 7.99. The van der Waals surface area contributed by atoms with Gasteiger partial charge in [0.1, 0.15) is 0 Å². The molecule has 3 nitrogen and oxygen atoms in total. The number of methoxy groups -OCH3 is 1. The molecular weight excluding hydrogens is 210 g/mol. The van der Waals surface area contributed by atoms with Gasteiger partial charge in [-0.3, -0.25) is 4.79 Å². The normalized spacial score (nSPS) is 20.3. The zero-order valence-electron chi connectivity index (χ0n) is 9.86. The number of carbonyl (C=O) groups is 1. The van der Waals surface area contributed by atoms with E-state index in [0.717, 1.165) is 19.4 Å². The lowest BCUT2D eigenvalue weighted by Crippen LogP contribution is -2.36. The van der Waals surface area contributed by atoms with Gasteiger partial charge in [-0.15, -0.1) is 0 Å². The molecule has 1 aliphatic heterocycles. The number of ether oxygens (including phenoxy) is 1. The number of hydrogen-bond donors (Lipinski definition) is 0. The van der Waals surface area contributed by atoms with Crippen LogP contribution in [0, 0.1) is 11.8 Å². The van der Waals surface area contributed by atoms with E-state index in [1.54, 1.807) is 0 Å². The van der Waals surface area contributed by atoms with E-state index in [1.807, 2.05) is 25.9 Å². The van der Waals surface area contributed by atoms with Crippen LogP contribution in [0.2, 0.25) is 0 Å². The van der Waals surface area contributed by atoms with Crippen LogP contribution >= 0.6 is 11.8 Å². The Labute approximate surface area is 96.5 Å². The summed E-state index contributed by atoms with van der Waals surface area (Å²) in [6, 6.07) is 0. The van der Waals surface area contributed by atoms with Crippen LogP contribution in [-0.2, 0) is 9.53 Å². The van der Waals surface area contributed by atoms with Crippen LogP contribution in [0.1, 0.15) is 12.8 Å². The van der Waals surface area contributed by atoms with Gasteiger partial charge in [-0.1, -0.05) is 0 Å². The summed E-state index contributed by atoms with van der Waals surface area (Å²) in [5.74, 6) is 2.91. The fraction of sp³-hybridized carbons (Fsp3) is 0.909. The number of rotatable bonds is 4. The molecule has 0 amide bonds. The quantitative estimate of drug-likeness (QED) is 0.686. The monoisotopic (exact) mass is 231 g/mol. The van der Waals surface area contributed by atoms with Crippen molar-refractivity contribution in [3.63, 3.8) is 0 Å². The van der Waals surface area contributed by atoms with E-state index in [2.05, 4.69) is 4.90 Å². The summed E-state index contributed by atoms with van der Waals surface area (Å²) in [7, 11) is 5.50. The van der Waals surface area contributed by atoms with Gasteiger partial charge in [0.15, 0.2) is 0 Å². The van der Waals surface area contributed by atoms with E-state index in [-0.39, 0.29) is 11.9 Å². The molecule has 1 fully saturated rings. The van der Waals surface area contributed by atoms with Crippen molar-refractivity contribution in [3.8, 4) is 0 Å². The Balaban J connectivity index is 2.57. The average Bonchev–Trinajstić information content (AvgIpc) is 2.26. The van der Waals surface area contributed by atoms with Crippen molar-refractivity contribution in [3.05, 3.63) is 0 Å². The third-order valence-electron chi connectivity index (χ3n) is 2.90. The van der Waals surface area contributed by atoms with E-state index in [1.165, 1.54) is 18.6 Å². The number of carbonyl (C=O) groups excluding carboxylic acids is 1. The SMILES string of the molecule is COC(=O)C(CN(C)C)C1CCSCC1. The molecule has 0 bridgehead atoms. The largest absolute Gasteiger partial charge is 0.469 e. The summed E-state index contributed by atoms with van der Waals surface area (Å²) in [6.07, 6.45) is 2.30. The van der Waals surface area contributed by atoms with Gasteiger partial charge in [-0.2, -0.15) is 11.8 Å². The van der Waals surface area contributed by atoms with E-state index in [0.29, 0.717) is 5.92 Å². The Morgan fingerprint density at radius 2 is 2.07 bits per heavy atom. The molecule has 0 aromatic heterocycles. The summed E-state index contributed by atoms with van der Waals surface area (Å²) in [5.41, 5.74) is 0. The van der Waals surface area contributed by atoms with Gasteiger partial charge in [0.25, 0.3) is 0 Å². The Morgan fingerprint density at radius 1 is 1.47 bits per heavy atom. The maximum atomic E-state index is 11.7. The minimum atomic E-state index is -0.0411. The fourth-order valence-corrected chi connectivity index (χ4v) is 3.22. The van der Waals surface area contributed by atoms with Crippen molar-refractivity contribution in [2.24, 2.45) is 11.8 Å². The Morgan fingerprint density at radius 3 is 2.53 bits per heavy atom. The smallest absolute Gasteiger partial charge is 0.310 e. The van der Waals surface area contributed by atoms with Gasteiger partial charge in [-0.25, -0.2) is 0 Å². The Hall–Kier alpha value is -0.220. The van der Waals surface area contributed by atoms with Gasteiger partial charge >= 0.3 is 5.97 Å². The molecule has 1 atom stereocenters. The lowest BCUT2D eigenvalue weighted by atomic mass is 9.87. The molecule has 15 heavy (non-hydrogen) atoms. The lowest BCUT2D eigenvalue weighted by molar-refractivity contribution is -0.148. The summed E-state index contributed by atoms with van der Waals surface area (Å²) >= 11 is 1.99. The van der Waals surface area contributed by atoms with Gasteiger partial charge in [0, 0.05) is 6.54 Å². The fourth-order valence-electron chi connectivity index (χ4n) is 2.08. The first kappa shape index (κ1) is 12.8. The van der Waals surface area contributed by atoms with Gasteiger partial charge < -0.3 is 9.64 Å². The molecule has 0 saturated carbocycles. The number of esters is 1. The van der Waals surface area contributed by atoms with Crippen LogP contribution in [0.5, 0.6) is 0 Å². The molecular formula is C11H21NO2S. The second-order valence-electron chi connectivity index (χ2n) is 4.34. The third-order valence-corrected chi connectivity index (χ3v) is 3.95. The molecule has 1 saturated heterocycles. The van der Waals surface area contributed by atoms with Crippen LogP contribution in [-0.4, -0.2) is 50.1 Å². The predicted octanol–water partition coefficient (Wildman–Crippen LogP) is 1.48. The first-order valence-electron chi connectivity index (χ1n) is 5.45. The molecule has 0 N–H and O–H groups in total. The number of nitrogens with zero attached hydrogens (tertiary/aromatic N) is 1. The van der Waals surface area contributed by atoms with Crippen LogP contribution in [0.4, 0.5) is 0 Å². The predicted molar refractivity (Wildman–Crippen MR) is 64.1 cm³/mol. The van der Waals surface area contributed by atoms with Crippen molar-refractivity contribution in [1.29, 1.82) is 0 Å². The van der Waals surface area contributed by atoms with Crippen molar-refractivity contribution in [2.45, 2.75) is 12.8 Å². The van der Waals surface area contributed by atoms with E-state index in [4.69, 9.17) is 4.74 Å². The number of thioether (sulfide) groups is 1. The maximum Gasteiger partial charge on any atom is 0.310 e. The van der Waals surface area contributed by atoms with Crippen molar-refractivity contribution in [2.75, 3.05) is 39.3 Å². The van der Waals surface area contributed by atoms with Crippen molar-refractivity contribution in [1.82, 2.24) is 4.90 Å². The summed E-state index contributed by atoms with van der Waals surface area (Å²) in [4.78, 5) is 13.8. The van der Waals surface area contributed by atoms with Crippen LogP contribution in [0.25, 0.3) is 0 Å².